The molecule has 0 aromatic rings. The molecule has 0 unspecified atom stereocenters. The highest BCUT2D eigenvalue weighted by atomic mass is 16.5. The van der Waals surface area contributed by atoms with E-state index in [0.29, 0.717) is 0 Å². The van der Waals surface area contributed by atoms with Gasteiger partial charge in [0.1, 0.15) is 0 Å². The summed E-state index contributed by atoms with van der Waals surface area (Å²) in [5, 5.41) is 15.2. The van der Waals surface area contributed by atoms with Crippen LogP contribution in [0.25, 0.3) is 0 Å². The minimum Gasteiger partial charge on any atom is -0.394 e. The number of aliphatic hydroxyl groups is 2. The molecule has 0 rings (SSSR count). The quantitative estimate of drug-likeness (QED) is 0.0491. The predicted molar refractivity (Wildman–Crippen MR) is 409 cm³/mol. The first-order valence-corrected chi connectivity index (χ1v) is 29.1. The maximum Gasteiger partial charge on any atom is 0.0662 e. The Hall–Kier alpha value is -5.32. The van der Waals surface area contributed by atoms with Gasteiger partial charge < -0.3 is 14.9 Å². The summed E-state index contributed by atoms with van der Waals surface area (Å²) in [6.07, 6.45) is 46.0. The number of aliphatic hydroxyl groups excluding tert-OH is 2. The zero-order valence-corrected chi connectivity index (χ0v) is 57.0. The molecule has 0 aliphatic carbocycles. The van der Waals surface area contributed by atoms with Gasteiger partial charge in [0.25, 0.3) is 0 Å². The third kappa shape index (κ3) is 448. The van der Waals surface area contributed by atoms with Crippen molar-refractivity contribution in [3.8, 4) is 0 Å². The Morgan fingerprint density at radius 2 is 0.247 bits per heavy atom. The highest BCUT2D eigenvalue weighted by Crippen LogP contribution is 2.15. The molecule has 0 saturated carbocycles. The summed E-state index contributed by atoms with van der Waals surface area (Å²) >= 11 is 0. The molecule has 490 valence electrons. The Morgan fingerprint density at radius 1 is 0.160 bits per heavy atom. The molecule has 0 amide bonds. The second-order valence-electron chi connectivity index (χ2n) is 12.7. The zero-order chi connectivity index (χ0) is 70.2. The number of unbranched alkanes of at least 4 members (excludes halogenated alkanes) is 30. The van der Waals surface area contributed by atoms with Crippen LogP contribution in [0.4, 0.5) is 0 Å². The van der Waals surface area contributed by atoms with Crippen LogP contribution in [0, 0.1) is 0 Å². The molecule has 0 fully saturated rings. The highest BCUT2D eigenvalue weighted by Gasteiger charge is 1.97. The van der Waals surface area contributed by atoms with Gasteiger partial charge in [0.05, 0.1) is 13.2 Å². The molecule has 0 radical (unpaired) electrons. The average molecular weight is 1150 g/mol. The molecule has 0 spiro atoms. The van der Waals surface area contributed by atoms with Crippen LogP contribution in [0.2, 0.25) is 0 Å². The molecule has 3 heteroatoms. The van der Waals surface area contributed by atoms with Crippen LogP contribution < -0.4 is 0 Å². The fourth-order valence-electron chi connectivity index (χ4n) is 5.61. The van der Waals surface area contributed by atoms with E-state index < -0.39 is 0 Å². The van der Waals surface area contributed by atoms with Gasteiger partial charge in [-0.2, -0.15) is 0 Å². The minimum absolute atomic E-state index is 0.125. The average Bonchev–Trinajstić information content (AvgIpc) is 3.61. The Bertz CT molecular complexity index is 561. The molecule has 81 heavy (non-hydrogen) atoms. The lowest BCUT2D eigenvalue weighted by molar-refractivity contribution is 0.125. The Kier molecular flexibility index (Phi) is 730. The molecule has 0 saturated heterocycles. The summed E-state index contributed by atoms with van der Waals surface area (Å²) in [4.78, 5) is 0. The second kappa shape index (κ2) is 404. The summed E-state index contributed by atoms with van der Waals surface area (Å²) in [6, 6.07) is 0. The maximum absolute atomic E-state index is 7.62. The van der Waals surface area contributed by atoms with Gasteiger partial charge >= 0.3 is 0 Å². The van der Waals surface area contributed by atoms with Crippen LogP contribution in [0.5, 0.6) is 0 Å². The lowest BCUT2D eigenvalue weighted by Crippen LogP contribution is -1.97. The molecule has 0 heterocycles. The molecule has 0 bridgehead atoms. The van der Waals surface area contributed by atoms with E-state index in [9.17, 15) is 0 Å². The molecule has 3 nitrogen and oxygen atoms in total. The third-order valence-electron chi connectivity index (χ3n) is 8.38. The molecule has 0 aromatic carbocycles. The van der Waals surface area contributed by atoms with E-state index in [1.807, 2.05) is 0 Å². The Morgan fingerprint density at radius 3 is 0.333 bits per heavy atom. The maximum atomic E-state index is 7.62. The largest absolute Gasteiger partial charge is 0.394 e. The lowest BCUT2D eigenvalue weighted by atomic mass is 10.0. The van der Waals surface area contributed by atoms with Crippen molar-refractivity contribution >= 4 is 0 Å². The summed E-state index contributed by atoms with van der Waals surface area (Å²) < 4.78 is 5.87. The van der Waals surface area contributed by atoms with Crippen LogP contribution in [0.3, 0.4) is 0 Å². The van der Waals surface area contributed by atoms with E-state index in [-0.39, 0.29) is 13.2 Å². The first-order valence-electron chi connectivity index (χ1n) is 29.1. The van der Waals surface area contributed by atoms with Crippen LogP contribution in [-0.2, 0) is 4.74 Å². The molecule has 0 aliphatic rings. The van der Waals surface area contributed by atoms with Crippen LogP contribution in [0.1, 0.15) is 219 Å². The van der Waals surface area contributed by atoms with Crippen molar-refractivity contribution < 1.29 is 14.9 Å². The molecule has 0 aromatic heterocycles. The molecule has 0 atom stereocenters. The van der Waals surface area contributed by atoms with Crippen LogP contribution >= 0.6 is 0 Å². The summed E-state index contributed by atoms with van der Waals surface area (Å²) in [6.45, 7) is 126. The third-order valence-corrected chi connectivity index (χ3v) is 8.38. The van der Waals surface area contributed by atoms with Gasteiger partial charge in [0, 0.05) is 13.2 Å². The van der Waals surface area contributed by atoms with E-state index in [2.05, 4.69) is 277 Å². The number of ether oxygens (including phenoxy) is 1. The number of hydrogen-bond donors (Lipinski definition) is 2. The van der Waals surface area contributed by atoms with Crippen molar-refractivity contribution in [1.82, 2.24) is 0 Å². The smallest absolute Gasteiger partial charge is 0.0662 e. The predicted octanol–water partition coefficient (Wildman–Crippen LogP) is 28.5. The first kappa shape index (κ1) is 146. The van der Waals surface area contributed by atoms with E-state index in [4.69, 9.17) is 14.9 Å². The topological polar surface area (TPSA) is 49.7 Å². The first-order chi connectivity index (χ1) is 40.3. The van der Waals surface area contributed by atoms with Crippen molar-refractivity contribution in [2.24, 2.45) is 0 Å². The molecular weight excluding hydrogens is 985 g/mol. The van der Waals surface area contributed by atoms with E-state index >= 15 is 0 Å². The number of hydrogen-bond acceptors (Lipinski definition) is 3. The van der Waals surface area contributed by atoms with Crippen LogP contribution in [-0.4, -0.2) is 36.6 Å². The SMILES string of the molecule is C=C.C=C.C=C.C=C.C=C.C=C.C=C.C=C.C=C.C=C.C=C.C=C.C=C.C=C.C=C.C=C.C=C.C=C.C=C.C=C.CCCCCCCCCCCCCCCCCCOCCCCCCCCCCCCCCCCCC.OCCO. The van der Waals surface area contributed by atoms with Gasteiger partial charge in [-0.25, -0.2) is 0 Å². The summed E-state index contributed by atoms with van der Waals surface area (Å²) in [5.41, 5.74) is 0. The van der Waals surface area contributed by atoms with Gasteiger partial charge in [0.2, 0.25) is 0 Å². The summed E-state index contributed by atoms with van der Waals surface area (Å²) in [7, 11) is 0. The van der Waals surface area contributed by atoms with Gasteiger partial charge in [-0.3, -0.25) is 0 Å². The molecule has 2 N–H and O–H groups in total. The van der Waals surface area contributed by atoms with Crippen molar-refractivity contribution in [1.29, 1.82) is 0 Å². The van der Waals surface area contributed by atoms with Crippen molar-refractivity contribution in [3.05, 3.63) is 263 Å². The van der Waals surface area contributed by atoms with Crippen molar-refractivity contribution in [2.45, 2.75) is 219 Å². The van der Waals surface area contributed by atoms with E-state index in [0.717, 1.165) is 13.2 Å². The van der Waals surface area contributed by atoms with Gasteiger partial charge in [-0.1, -0.05) is 206 Å². The van der Waals surface area contributed by atoms with Gasteiger partial charge in [0.15, 0.2) is 0 Å². The highest BCUT2D eigenvalue weighted by molar-refractivity contribution is 4.52. The van der Waals surface area contributed by atoms with Gasteiger partial charge in [-0.05, 0) is 12.8 Å². The van der Waals surface area contributed by atoms with E-state index in [1.54, 1.807) is 0 Å². The lowest BCUT2D eigenvalue weighted by Gasteiger charge is -2.06. The Balaban J connectivity index is -0.0000000328. The van der Waals surface area contributed by atoms with Gasteiger partial charge in [-0.15, -0.1) is 263 Å². The molecule has 0 aliphatic heterocycles. The van der Waals surface area contributed by atoms with E-state index in [1.165, 1.54) is 205 Å². The standard InChI is InChI=1S/C36H74O.C2H6O2.20C2H4/c1-3-5-7-9-11-13-15-17-19-21-23-25-27-29-31-33-35-37-36-34-32-30-28-26-24-22-20-18-16-14-12-10-8-6-4-2;3-1-2-4;20*1-2/h3-36H2,1-2H3;3-4H,1-2H2;20*1-2H2. The summed E-state index contributed by atoms with van der Waals surface area (Å²) in [5.74, 6) is 0. The monoisotopic (exact) mass is 1150 g/mol. The second-order valence-corrected chi connectivity index (χ2v) is 12.7. The fourth-order valence-corrected chi connectivity index (χ4v) is 5.61. The fraction of sp³-hybridized carbons (Fsp3) is 0.487. The van der Waals surface area contributed by atoms with Crippen LogP contribution in [0.15, 0.2) is 263 Å². The number of rotatable bonds is 35. The normalized spacial score (nSPS) is 6.62. The minimum atomic E-state index is -0.125. The zero-order valence-electron chi connectivity index (χ0n) is 57.0. The van der Waals surface area contributed by atoms with Crippen molar-refractivity contribution in [2.75, 3.05) is 26.4 Å². The molecular formula is C78H160O3. The Labute approximate surface area is 521 Å². The van der Waals surface area contributed by atoms with Crippen molar-refractivity contribution in [3.63, 3.8) is 0 Å².